The Kier molecular flexibility index (Phi) is 6.53. The van der Waals surface area contributed by atoms with Crippen molar-refractivity contribution in [2.24, 2.45) is 0 Å². The fourth-order valence-corrected chi connectivity index (χ4v) is 5.61. The molecule has 1 aliphatic carbocycles. The number of anilines is 1. The standard InChI is InChI=1S/C24H29F2N3O2S/c1-29-11-10-24(15-4-7-20(30-2)21(12-15)31-3)9-8-17(14-22(24)29)27-23(32)28-19-6-5-16(25)13-18(19)26/h4-7,12-13,17,22H,8-11,14H2,1-3H3,(H2,27,28,32). The van der Waals surface area contributed by atoms with Crippen molar-refractivity contribution in [3.63, 3.8) is 0 Å². The number of ether oxygens (including phenoxy) is 2. The first-order valence-corrected chi connectivity index (χ1v) is 11.2. The van der Waals surface area contributed by atoms with Crippen LogP contribution in [-0.4, -0.2) is 49.9 Å². The highest BCUT2D eigenvalue weighted by Crippen LogP contribution is 2.49. The van der Waals surface area contributed by atoms with Gasteiger partial charge >= 0.3 is 0 Å². The van der Waals surface area contributed by atoms with Gasteiger partial charge in [-0.25, -0.2) is 8.78 Å². The second-order valence-corrected chi connectivity index (χ2v) is 9.07. The van der Waals surface area contributed by atoms with E-state index in [2.05, 4.69) is 34.7 Å². The van der Waals surface area contributed by atoms with E-state index in [4.69, 9.17) is 21.7 Å². The van der Waals surface area contributed by atoms with E-state index in [0.717, 1.165) is 49.8 Å². The maximum absolute atomic E-state index is 14.0. The average molecular weight is 462 g/mol. The maximum atomic E-state index is 14.0. The molecule has 2 aromatic rings. The molecule has 5 nitrogen and oxygen atoms in total. The van der Waals surface area contributed by atoms with E-state index in [-0.39, 0.29) is 17.1 Å². The summed E-state index contributed by atoms with van der Waals surface area (Å²) in [5.41, 5.74) is 1.49. The number of hydrogen-bond acceptors (Lipinski definition) is 4. The molecule has 8 heteroatoms. The van der Waals surface area contributed by atoms with Crippen molar-refractivity contribution in [3.05, 3.63) is 53.6 Å². The molecule has 2 N–H and O–H groups in total. The van der Waals surface area contributed by atoms with Crippen LogP contribution in [0.4, 0.5) is 14.5 Å². The number of likely N-dealkylation sites (tertiary alicyclic amines) is 1. The number of thiocarbonyl (C=S) groups is 1. The van der Waals surface area contributed by atoms with Gasteiger partial charge in [-0.1, -0.05) is 6.07 Å². The number of likely N-dealkylation sites (N-methyl/N-ethyl adjacent to an activating group) is 1. The Bertz CT molecular complexity index is 1010. The van der Waals surface area contributed by atoms with E-state index < -0.39 is 11.6 Å². The first-order chi connectivity index (χ1) is 15.4. The average Bonchev–Trinajstić information content (AvgIpc) is 3.12. The third-order valence-electron chi connectivity index (χ3n) is 7.00. The maximum Gasteiger partial charge on any atom is 0.171 e. The van der Waals surface area contributed by atoms with Crippen molar-refractivity contribution in [3.8, 4) is 11.5 Å². The highest BCUT2D eigenvalue weighted by Gasteiger charge is 2.50. The largest absolute Gasteiger partial charge is 0.493 e. The fraction of sp³-hybridized carbons (Fsp3) is 0.458. The van der Waals surface area contributed by atoms with Crippen molar-refractivity contribution in [1.29, 1.82) is 0 Å². The smallest absolute Gasteiger partial charge is 0.171 e. The number of nitrogens with zero attached hydrogens (tertiary/aromatic N) is 1. The quantitative estimate of drug-likeness (QED) is 0.641. The van der Waals surface area contributed by atoms with Crippen LogP contribution in [0.3, 0.4) is 0 Å². The van der Waals surface area contributed by atoms with Crippen LogP contribution in [0.25, 0.3) is 0 Å². The number of rotatable bonds is 5. The predicted octanol–water partition coefficient (Wildman–Crippen LogP) is 4.46. The lowest BCUT2D eigenvalue weighted by Gasteiger charge is -2.45. The van der Waals surface area contributed by atoms with Crippen LogP contribution in [0.5, 0.6) is 11.5 Å². The van der Waals surface area contributed by atoms with Crippen molar-refractivity contribution >= 4 is 23.0 Å². The van der Waals surface area contributed by atoms with Gasteiger partial charge in [0, 0.05) is 23.6 Å². The topological polar surface area (TPSA) is 45.8 Å². The number of benzene rings is 2. The third kappa shape index (κ3) is 4.26. The van der Waals surface area contributed by atoms with Crippen molar-refractivity contribution in [2.45, 2.75) is 43.2 Å². The van der Waals surface area contributed by atoms with Gasteiger partial charge in [0.05, 0.1) is 19.9 Å². The van der Waals surface area contributed by atoms with E-state index in [1.54, 1.807) is 14.2 Å². The van der Waals surface area contributed by atoms with Gasteiger partial charge < -0.3 is 25.0 Å². The molecule has 1 heterocycles. The molecule has 0 spiro atoms. The lowest BCUT2D eigenvalue weighted by Crippen LogP contribution is -2.52. The molecule has 172 valence electrons. The fourth-order valence-electron chi connectivity index (χ4n) is 5.33. The van der Waals surface area contributed by atoms with Crippen LogP contribution in [0.15, 0.2) is 36.4 Å². The Morgan fingerprint density at radius 1 is 1.09 bits per heavy atom. The van der Waals surface area contributed by atoms with Crippen molar-refractivity contribution in [2.75, 3.05) is 33.1 Å². The van der Waals surface area contributed by atoms with Gasteiger partial charge in [-0.05, 0) is 81.3 Å². The molecule has 2 aromatic carbocycles. The predicted molar refractivity (Wildman–Crippen MR) is 126 cm³/mol. The normalized spacial score (nSPS) is 25.2. The summed E-state index contributed by atoms with van der Waals surface area (Å²) < 4.78 is 38.1. The van der Waals surface area contributed by atoms with E-state index in [9.17, 15) is 8.78 Å². The van der Waals surface area contributed by atoms with Crippen molar-refractivity contribution < 1.29 is 18.3 Å². The second-order valence-electron chi connectivity index (χ2n) is 8.67. The van der Waals surface area contributed by atoms with Crippen LogP contribution in [0, 0.1) is 11.6 Å². The summed E-state index contributed by atoms with van der Waals surface area (Å²) in [6.07, 6.45) is 3.94. The molecule has 2 fully saturated rings. The Morgan fingerprint density at radius 3 is 2.59 bits per heavy atom. The van der Waals surface area contributed by atoms with Gasteiger partial charge in [-0.2, -0.15) is 0 Å². The summed E-state index contributed by atoms with van der Waals surface area (Å²) in [5, 5.41) is 6.55. The van der Waals surface area contributed by atoms with E-state index in [0.29, 0.717) is 11.2 Å². The highest BCUT2D eigenvalue weighted by atomic mass is 32.1. The molecule has 3 atom stereocenters. The molecule has 1 saturated heterocycles. The Hall–Kier alpha value is -2.45. The summed E-state index contributed by atoms with van der Waals surface area (Å²) in [6.45, 7) is 1.02. The minimum Gasteiger partial charge on any atom is -0.493 e. The van der Waals surface area contributed by atoms with E-state index in [1.807, 2.05) is 6.07 Å². The highest BCUT2D eigenvalue weighted by molar-refractivity contribution is 7.80. The molecule has 1 aliphatic heterocycles. The summed E-state index contributed by atoms with van der Waals surface area (Å²) >= 11 is 5.41. The lowest BCUT2D eigenvalue weighted by atomic mass is 9.65. The van der Waals surface area contributed by atoms with Gasteiger partial charge in [0.2, 0.25) is 0 Å². The van der Waals surface area contributed by atoms with Gasteiger partial charge in [0.25, 0.3) is 0 Å². The molecular weight excluding hydrogens is 432 g/mol. The first kappa shape index (κ1) is 22.7. The number of fused-ring (bicyclic) bond motifs is 1. The molecule has 32 heavy (non-hydrogen) atoms. The second kappa shape index (κ2) is 9.19. The molecule has 0 bridgehead atoms. The Labute approximate surface area is 193 Å². The molecule has 3 unspecified atom stereocenters. The Balaban J connectivity index is 1.48. The zero-order chi connectivity index (χ0) is 22.9. The molecular formula is C24H29F2N3O2S. The van der Waals surface area contributed by atoms with Gasteiger partial charge in [0.1, 0.15) is 11.6 Å². The van der Waals surface area contributed by atoms with E-state index >= 15 is 0 Å². The third-order valence-corrected chi connectivity index (χ3v) is 7.22. The van der Waals surface area contributed by atoms with Crippen LogP contribution < -0.4 is 20.1 Å². The molecule has 4 rings (SSSR count). The number of nitrogens with one attached hydrogen (secondary N) is 2. The molecule has 0 aromatic heterocycles. The minimum atomic E-state index is -0.666. The van der Waals surface area contributed by atoms with Gasteiger partial charge in [0.15, 0.2) is 16.6 Å². The molecule has 1 saturated carbocycles. The van der Waals surface area contributed by atoms with Crippen molar-refractivity contribution in [1.82, 2.24) is 10.2 Å². The molecule has 0 radical (unpaired) electrons. The summed E-state index contributed by atoms with van der Waals surface area (Å²) in [5.74, 6) is 0.200. The number of methoxy groups -OCH3 is 2. The van der Waals surface area contributed by atoms with Crippen LogP contribution in [0.2, 0.25) is 0 Å². The monoisotopic (exact) mass is 461 g/mol. The van der Waals surface area contributed by atoms with Crippen LogP contribution in [0.1, 0.15) is 31.2 Å². The van der Waals surface area contributed by atoms with E-state index in [1.165, 1.54) is 17.7 Å². The molecule has 2 aliphatic rings. The lowest BCUT2D eigenvalue weighted by molar-refractivity contribution is 0.161. The summed E-state index contributed by atoms with van der Waals surface area (Å²) in [4.78, 5) is 2.42. The van der Waals surface area contributed by atoms with Crippen LogP contribution in [-0.2, 0) is 5.41 Å². The summed E-state index contributed by atoms with van der Waals surface area (Å²) in [7, 11) is 5.48. The number of halogens is 2. The van der Waals surface area contributed by atoms with Crippen LogP contribution >= 0.6 is 12.2 Å². The zero-order valence-corrected chi connectivity index (χ0v) is 19.4. The minimum absolute atomic E-state index is 0.0462. The Morgan fingerprint density at radius 2 is 1.88 bits per heavy atom. The number of hydrogen-bond donors (Lipinski definition) is 2. The first-order valence-electron chi connectivity index (χ1n) is 10.8. The SMILES string of the molecule is COc1ccc(C23CCC(NC(=S)Nc4ccc(F)cc4F)CC2N(C)CC3)cc1OC. The molecule has 0 amide bonds. The summed E-state index contributed by atoms with van der Waals surface area (Å²) in [6, 6.07) is 10.2. The van der Waals surface area contributed by atoms with Gasteiger partial charge in [-0.3, -0.25) is 0 Å². The van der Waals surface area contributed by atoms with Gasteiger partial charge in [-0.15, -0.1) is 0 Å². The zero-order valence-electron chi connectivity index (χ0n) is 18.6.